The molecular weight excluding hydrogens is 308 g/mol. The Morgan fingerprint density at radius 2 is 2.04 bits per heavy atom. The highest BCUT2D eigenvalue weighted by Gasteiger charge is 2.16. The van der Waals surface area contributed by atoms with Crippen molar-refractivity contribution < 1.29 is 4.52 Å². The first-order chi connectivity index (χ1) is 11.0. The molecule has 0 saturated heterocycles. The molecule has 3 rings (SSSR count). The van der Waals surface area contributed by atoms with Gasteiger partial charge in [-0.1, -0.05) is 19.0 Å². The lowest BCUT2D eigenvalue weighted by Crippen LogP contribution is -2.07. The molecule has 1 N–H and O–H groups in total. The smallest absolute Gasteiger partial charge is 0.183 e. The summed E-state index contributed by atoms with van der Waals surface area (Å²) in [4.78, 5) is 4.72. The van der Waals surface area contributed by atoms with Crippen molar-refractivity contribution in [3.8, 4) is 17.1 Å². The van der Waals surface area contributed by atoms with E-state index in [1.54, 1.807) is 11.3 Å². The van der Waals surface area contributed by atoms with Gasteiger partial charge in [0.05, 0.1) is 5.69 Å². The summed E-state index contributed by atoms with van der Waals surface area (Å²) in [5.41, 5.74) is 4.38. The summed E-state index contributed by atoms with van der Waals surface area (Å²) in [7, 11) is 0. The molecule has 0 bridgehead atoms. The average Bonchev–Trinajstić information content (AvgIpc) is 3.17. The summed E-state index contributed by atoms with van der Waals surface area (Å²) >= 11 is 1.64. The predicted octanol–water partition coefficient (Wildman–Crippen LogP) is 4.58. The van der Waals surface area contributed by atoms with Crippen LogP contribution < -0.4 is 5.32 Å². The Hall–Kier alpha value is -2.08. The quantitative estimate of drug-likeness (QED) is 0.744. The molecule has 5 nitrogen and oxygen atoms in total. The van der Waals surface area contributed by atoms with E-state index in [2.05, 4.69) is 54.2 Å². The van der Waals surface area contributed by atoms with E-state index in [-0.39, 0.29) is 0 Å². The summed E-state index contributed by atoms with van der Waals surface area (Å²) in [6.07, 6.45) is 0. The van der Waals surface area contributed by atoms with Crippen molar-refractivity contribution in [2.75, 3.05) is 11.9 Å². The maximum Gasteiger partial charge on any atom is 0.183 e. The molecule has 0 fully saturated rings. The van der Waals surface area contributed by atoms with Crippen molar-refractivity contribution in [2.24, 2.45) is 5.92 Å². The van der Waals surface area contributed by atoms with Gasteiger partial charge < -0.3 is 9.84 Å². The largest absolute Gasteiger partial charge is 0.361 e. The van der Waals surface area contributed by atoms with Crippen LogP contribution in [0, 0.1) is 26.7 Å². The molecule has 0 unspecified atom stereocenters. The molecule has 23 heavy (non-hydrogen) atoms. The Bertz CT molecular complexity index is 813. The van der Waals surface area contributed by atoms with E-state index in [0.29, 0.717) is 5.92 Å². The number of hydrogen-bond acceptors (Lipinski definition) is 5. The standard InChI is InChI=1S/C17H22N4OS/c1-10(2)8-18-17-19-15(9-23-17)14-6-11(3)21(13(14)5)16-7-12(4)22-20-16/h6-7,9-10H,8H2,1-5H3,(H,18,19). The van der Waals surface area contributed by atoms with Gasteiger partial charge in [-0.05, 0) is 32.8 Å². The SMILES string of the molecule is Cc1cc(-n2c(C)cc(-c3csc(NCC(C)C)n3)c2C)no1. The molecule has 0 aliphatic carbocycles. The van der Waals surface area contributed by atoms with Gasteiger partial charge in [-0.25, -0.2) is 4.98 Å². The third-order valence-electron chi connectivity index (χ3n) is 3.72. The molecule has 0 aliphatic rings. The van der Waals surface area contributed by atoms with Crippen molar-refractivity contribution in [1.29, 1.82) is 0 Å². The van der Waals surface area contributed by atoms with Gasteiger partial charge in [0.25, 0.3) is 0 Å². The molecule has 0 saturated carbocycles. The minimum absolute atomic E-state index is 0.600. The van der Waals surface area contributed by atoms with Gasteiger partial charge in [0.1, 0.15) is 5.76 Å². The van der Waals surface area contributed by atoms with Crippen molar-refractivity contribution in [1.82, 2.24) is 14.7 Å². The number of anilines is 1. The highest BCUT2D eigenvalue weighted by molar-refractivity contribution is 7.14. The number of aryl methyl sites for hydroxylation is 2. The van der Waals surface area contributed by atoms with Crippen LogP contribution in [-0.4, -0.2) is 21.3 Å². The Balaban J connectivity index is 1.92. The van der Waals surface area contributed by atoms with Crippen LogP contribution in [-0.2, 0) is 0 Å². The lowest BCUT2D eigenvalue weighted by atomic mass is 10.2. The molecule has 0 spiro atoms. The van der Waals surface area contributed by atoms with Crippen LogP contribution in [0.3, 0.4) is 0 Å². The topological polar surface area (TPSA) is 55.9 Å². The van der Waals surface area contributed by atoms with Crippen molar-refractivity contribution in [3.63, 3.8) is 0 Å². The van der Waals surface area contributed by atoms with E-state index < -0.39 is 0 Å². The van der Waals surface area contributed by atoms with Crippen LogP contribution in [0.1, 0.15) is 31.0 Å². The van der Waals surface area contributed by atoms with Crippen LogP contribution in [0.5, 0.6) is 0 Å². The van der Waals surface area contributed by atoms with Gasteiger partial charge in [0, 0.05) is 34.9 Å². The lowest BCUT2D eigenvalue weighted by Gasteiger charge is -2.05. The number of hydrogen-bond donors (Lipinski definition) is 1. The second-order valence-electron chi connectivity index (χ2n) is 6.23. The average molecular weight is 330 g/mol. The summed E-state index contributed by atoms with van der Waals surface area (Å²) in [5.74, 6) is 2.22. The molecule has 0 aliphatic heterocycles. The Morgan fingerprint density at radius 3 is 2.70 bits per heavy atom. The van der Waals surface area contributed by atoms with Crippen LogP contribution in [0.2, 0.25) is 0 Å². The zero-order valence-corrected chi connectivity index (χ0v) is 15.0. The van der Waals surface area contributed by atoms with E-state index in [9.17, 15) is 0 Å². The normalized spacial score (nSPS) is 11.4. The van der Waals surface area contributed by atoms with Gasteiger partial charge in [0.2, 0.25) is 0 Å². The van der Waals surface area contributed by atoms with E-state index >= 15 is 0 Å². The van der Waals surface area contributed by atoms with E-state index in [1.165, 1.54) is 0 Å². The molecule has 0 atom stereocenters. The van der Waals surface area contributed by atoms with Gasteiger partial charge in [-0.15, -0.1) is 11.3 Å². The Labute approximate surface area is 140 Å². The Morgan fingerprint density at radius 1 is 1.26 bits per heavy atom. The fourth-order valence-corrected chi connectivity index (χ4v) is 3.32. The van der Waals surface area contributed by atoms with Gasteiger partial charge in [-0.3, -0.25) is 4.57 Å². The number of nitrogens with one attached hydrogen (secondary N) is 1. The monoisotopic (exact) mass is 330 g/mol. The number of nitrogens with zero attached hydrogens (tertiary/aromatic N) is 3. The summed E-state index contributed by atoms with van der Waals surface area (Å²) in [5, 5.41) is 10.6. The van der Waals surface area contributed by atoms with Crippen molar-refractivity contribution in [3.05, 3.63) is 34.7 Å². The minimum atomic E-state index is 0.600. The molecule has 3 heterocycles. The summed E-state index contributed by atoms with van der Waals surface area (Å²) in [6, 6.07) is 4.10. The fraction of sp³-hybridized carbons (Fsp3) is 0.412. The van der Waals surface area contributed by atoms with Crippen molar-refractivity contribution in [2.45, 2.75) is 34.6 Å². The van der Waals surface area contributed by atoms with E-state index in [4.69, 9.17) is 9.51 Å². The predicted molar refractivity (Wildman–Crippen MR) is 94.5 cm³/mol. The highest BCUT2D eigenvalue weighted by Crippen LogP contribution is 2.31. The zero-order valence-electron chi connectivity index (χ0n) is 14.2. The highest BCUT2D eigenvalue weighted by atomic mass is 32.1. The molecule has 0 amide bonds. The third kappa shape index (κ3) is 3.17. The van der Waals surface area contributed by atoms with Crippen LogP contribution >= 0.6 is 11.3 Å². The third-order valence-corrected chi connectivity index (χ3v) is 4.52. The number of thiazole rings is 1. The van der Waals surface area contributed by atoms with Crippen LogP contribution in [0.25, 0.3) is 17.1 Å². The van der Waals surface area contributed by atoms with Crippen LogP contribution in [0.15, 0.2) is 22.0 Å². The lowest BCUT2D eigenvalue weighted by molar-refractivity contribution is 0.394. The summed E-state index contributed by atoms with van der Waals surface area (Å²) in [6.45, 7) is 11.4. The molecule has 3 aromatic rings. The van der Waals surface area contributed by atoms with Gasteiger partial charge in [0.15, 0.2) is 10.9 Å². The maximum atomic E-state index is 5.21. The minimum Gasteiger partial charge on any atom is -0.361 e. The van der Waals surface area contributed by atoms with E-state index in [1.807, 2.05) is 13.0 Å². The second-order valence-corrected chi connectivity index (χ2v) is 7.09. The second kappa shape index (κ2) is 6.20. The molecule has 3 aromatic heterocycles. The molecule has 0 aromatic carbocycles. The molecular formula is C17H22N4OS. The molecule has 0 radical (unpaired) electrons. The fourth-order valence-electron chi connectivity index (χ4n) is 2.60. The maximum absolute atomic E-state index is 5.21. The van der Waals surface area contributed by atoms with Gasteiger partial charge in [-0.2, -0.15) is 0 Å². The van der Waals surface area contributed by atoms with Gasteiger partial charge >= 0.3 is 0 Å². The van der Waals surface area contributed by atoms with Crippen LogP contribution in [0.4, 0.5) is 5.13 Å². The summed E-state index contributed by atoms with van der Waals surface area (Å²) < 4.78 is 7.31. The first-order valence-corrected chi connectivity index (χ1v) is 8.66. The number of aromatic nitrogens is 3. The molecule has 6 heteroatoms. The van der Waals surface area contributed by atoms with E-state index in [0.717, 1.165) is 45.9 Å². The first kappa shape index (κ1) is 15.8. The first-order valence-electron chi connectivity index (χ1n) is 7.78. The Kier molecular flexibility index (Phi) is 4.26. The molecule has 122 valence electrons. The zero-order chi connectivity index (χ0) is 16.6. The number of rotatable bonds is 5. The van der Waals surface area contributed by atoms with Crippen molar-refractivity contribution >= 4 is 16.5 Å².